The lowest BCUT2D eigenvalue weighted by molar-refractivity contribution is -0.141. The van der Waals surface area contributed by atoms with Gasteiger partial charge >= 0.3 is 5.97 Å². The van der Waals surface area contributed by atoms with Crippen LogP contribution in [0.15, 0.2) is 54.6 Å². The van der Waals surface area contributed by atoms with E-state index in [0.717, 1.165) is 16.8 Å². The predicted octanol–water partition coefficient (Wildman–Crippen LogP) is 3.49. The summed E-state index contributed by atoms with van der Waals surface area (Å²) in [6.07, 6.45) is 0.428. The molecule has 0 heterocycles. The number of carbonyl (C=O) groups is 1. The topological polar surface area (TPSA) is 49.3 Å². The zero-order valence-corrected chi connectivity index (χ0v) is 11.8. The lowest BCUT2D eigenvalue weighted by Gasteiger charge is -2.27. The van der Waals surface area contributed by atoms with Crippen LogP contribution in [0.3, 0.4) is 0 Å². The van der Waals surface area contributed by atoms with Crippen molar-refractivity contribution in [3.8, 4) is 0 Å². The third kappa shape index (κ3) is 3.38. The number of rotatable bonds is 5. The van der Waals surface area contributed by atoms with Gasteiger partial charge in [-0.15, -0.1) is 0 Å². The number of anilines is 1. The molecule has 0 saturated heterocycles. The van der Waals surface area contributed by atoms with Crippen molar-refractivity contribution in [3.63, 3.8) is 0 Å². The number of aliphatic carboxylic acids is 1. The molecule has 0 fully saturated rings. The van der Waals surface area contributed by atoms with E-state index in [-0.39, 0.29) is 0 Å². The minimum absolute atomic E-state index is 0.428. The van der Waals surface area contributed by atoms with Crippen molar-refractivity contribution in [2.75, 3.05) is 5.32 Å². The Morgan fingerprint density at radius 2 is 1.70 bits per heavy atom. The smallest absolute Gasteiger partial charge is 0.329 e. The van der Waals surface area contributed by atoms with Crippen LogP contribution in [0, 0.1) is 6.92 Å². The van der Waals surface area contributed by atoms with Crippen molar-refractivity contribution in [3.05, 3.63) is 65.7 Å². The Balaban J connectivity index is 2.21. The zero-order chi connectivity index (χ0) is 14.6. The molecule has 0 radical (unpaired) electrons. The van der Waals surface area contributed by atoms with Gasteiger partial charge < -0.3 is 10.4 Å². The van der Waals surface area contributed by atoms with E-state index in [9.17, 15) is 9.90 Å². The van der Waals surface area contributed by atoms with Crippen LogP contribution in [-0.4, -0.2) is 16.6 Å². The second-order valence-electron chi connectivity index (χ2n) is 5.29. The first kappa shape index (κ1) is 14.1. The van der Waals surface area contributed by atoms with Gasteiger partial charge in [0.1, 0.15) is 5.54 Å². The van der Waals surface area contributed by atoms with Crippen LogP contribution in [0.2, 0.25) is 0 Å². The zero-order valence-electron chi connectivity index (χ0n) is 11.8. The van der Waals surface area contributed by atoms with Crippen LogP contribution < -0.4 is 5.32 Å². The molecule has 0 aliphatic carbocycles. The van der Waals surface area contributed by atoms with Crippen molar-refractivity contribution < 1.29 is 9.90 Å². The quantitative estimate of drug-likeness (QED) is 0.873. The Kier molecular flexibility index (Phi) is 4.08. The van der Waals surface area contributed by atoms with Crippen LogP contribution in [0.1, 0.15) is 18.1 Å². The van der Waals surface area contributed by atoms with E-state index in [1.54, 1.807) is 6.92 Å². The maximum absolute atomic E-state index is 11.6. The Hall–Kier alpha value is -2.29. The van der Waals surface area contributed by atoms with E-state index in [1.165, 1.54) is 0 Å². The van der Waals surface area contributed by atoms with E-state index in [4.69, 9.17) is 0 Å². The molecule has 2 N–H and O–H groups in total. The molecule has 0 aliphatic rings. The number of benzene rings is 2. The lowest BCUT2D eigenvalue weighted by Crippen LogP contribution is -2.45. The van der Waals surface area contributed by atoms with E-state index >= 15 is 0 Å². The Morgan fingerprint density at radius 3 is 2.25 bits per heavy atom. The highest BCUT2D eigenvalue weighted by Crippen LogP contribution is 2.21. The van der Waals surface area contributed by atoms with Crippen molar-refractivity contribution in [1.29, 1.82) is 0 Å². The molecule has 0 saturated carbocycles. The molecule has 2 aromatic carbocycles. The summed E-state index contributed by atoms with van der Waals surface area (Å²) in [7, 11) is 0. The van der Waals surface area contributed by atoms with Crippen molar-refractivity contribution in [2.45, 2.75) is 25.8 Å². The van der Waals surface area contributed by atoms with Crippen molar-refractivity contribution >= 4 is 11.7 Å². The molecule has 3 nitrogen and oxygen atoms in total. The van der Waals surface area contributed by atoms with Gasteiger partial charge in [-0.1, -0.05) is 48.0 Å². The van der Waals surface area contributed by atoms with Gasteiger partial charge in [-0.25, -0.2) is 4.79 Å². The van der Waals surface area contributed by atoms with Crippen LogP contribution in [-0.2, 0) is 11.2 Å². The van der Waals surface area contributed by atoms with Crippen LogP contribution in [0.5, 0.6) is 0 Å². The lowest BCUT2D eigenvalue weighted by atomic mass is 9.92. The molecule has 104 valence electrons. The maximum atomic E-state index is 11.6. The summed E-state index contributed by atoms with van der Waals surface area (Å²) >= 11 is 0. The van der Waals surface area contributed by atoms with Crippen molar-refractivity contribution in [1.82, 2.24) is 0 Å². The Bertz CT molecular complexity index is 578. The summed E-state index contributed by atoms with van der Waals surface area (Å²) in [5.74, 6) is -0.859. The van der Waals surface area contributed by atoms with Gasteiger partial charge in [0.25, 0.3) is 0 Å². The SMILES string of the molecule is Cc1ccc(NC(C)(Cc2ccccc2)C(=O)O)cc1. The molecule has 0 amide bonds. The first-order valence-electron chi connectivity index (χ1n) is 6.62. The molecule has 0 aromatic heterocycles. The first-order valence-corrected chi connectivity index (χ1v) is 6.62. The van der Waals surface area contributed by atoms with Gasteiger partial charge in [-0.05, 0) is 31.5 Å². The molecule has 1 atom stereocenters. The maximum Gasteiger partial charge on any atom is 0.329 e. The van der Waals surface area contributed by atoms with E-state index in [2.05, 4.69) is 5.32 Å². The molecule has 1 unspecified atom stereocenters. The molecular weight excluding hydrogens is 250 g/mol. The number of hydrogen-bond donors (Lipinski definition) is 2. The van der Waals surface area contributed by atoms with Gasteiger partial charge in [0.2, 0.25) is 0 Å². The van der Waals surface area contributed by atoms with E-state index in [0.29, 0.717) is 6.42 Å². The number of carboxylic acids is 1. The largest absolute Gasteiger partial charge is 0.480 e. The summed E-state index contributed by atoms with van der Waals surface area (Å²) in [6.45, 7) is 3.71. The first-order chi connectivity index (χ1) is 9.49. The van der Waals surface area contributed by atoms with E-state index < -0.39 is 11.5 Å². The third-order valence-electron chi connectivity index (χ3n) is 3.34. The highest BCUT2D eigenvalue weighted by Gasteiger charge is 2.33. The van der Waals surface area contributed by atoms with Gasteiger partial charge in [0, 0.05) is 12.1 Å². The van der Waals surface area contributed by atoms with Crippen LogP contribution >= 0.6 is 0 Å². The minimum atomic E-state index is -1.03. The normalized spacial score (nSPS) is 13.5. The van der Waals surface area contributed by atoms with E-state index in [1.807, 2.05) is 61.5 Å². The number of hydrogen-bond acceptors (Lipinski definition) is 2. The predicted molar refractivity (Wildman–Crippen MR) is 81.0 cm³/mol. The fourth-order valence-electron chi connectivity index (χ4n) is 2.13. The summed E-state index contributed by atoms with van der Waals surface area (Å²) in [6, 6.07) is 17.4. The van der Waals surface area contributed by atoms with Gasteiger partial charge in [-0.3, -0.25) is 0 Å². The van der Waals surface area contributed by atoms with Gasteiger partial charge in [-0.2, -0.15) is 0 Å². The highest BCUT2D eigenvalue weighted by molar-refractivity contribution is 5.82. The molecular formula is C17H19NO2. The standard InChI is InChI=1S/C17H19NO2/c1-13-8-10-15(11-9-13)18-17(2,16(19)20)12-14-6-4-3-5-7-14/h3-11,18H,12H2,1-2H3,(H,19,20). The van der Waals surface area contributed by atoms with Gasteiger partial charge in [0.05, 0.1) is 0 Å². The summed E-state index contributed by atoms with van der Waals surface area (Å²) in [5, 5.41) is 12.7. The average Bonchev–Trinajstić information content (AvgIpc) is 2.42. The van der Waals surface area contributed by atoms with Crippen LogP contribution in [0.25, 0.3) is 0 Å². The summed E-state index contributed by atoms with van der Waals surface area (Å²) in [5.41, 5.74) is 1.93. The number of nitrogens with one attached hydrogen (secondary N) is 1. The van der Waals surface area contributed by atoms with Crippen LogP contribution in [0.4, 0.5) is 5.69 Å². The molecule has 0 bridgehead atoms. The van der Waals surface area contributed by atoms with Gasteiger partial charge in [0.15, 0.2) is 0 Å². The number of carboxylic acid groups (broad SMARTS) is 1. The summed E-state index contributed by atoms with van der Waals surface area (Å²) in [4.78, 5) is 11.6. The third-order valence-corrected chi connectivity index (χ3v) is 3.34. The Labute approximate surface area is 119 Å². The molecule has 0 aliphatic heterocycles. The fraction of sp³-hybridized carbons (Fsp3) is 0.235. The molecule has 2 aromatic rings. The minimum Gasteiger partial charge on any atom is -0.480 e. The molecule has 2 rings (SSSR count). The van der Waals surface area contributed by atoms with Crippen molar-refractivity contribution in [2.24, 2.45) is 0 Å². The molecule has 20 heavy (non-hydrogen) atoms. The highest BCUT2D eigenvalue weighted by atomic mass is 16.4. The second kappa shape index (κ2) is 5.78. The average molecular weight is 269 g/mol. The molecule has 3 heteroatoms. The Morgan fingerprint density at radius 1 is 1.10 bits per heavy atom. The molecule has 0 spiro atoms. The fourth-order valence-corrected chi connectivity index (χ4v) is 2.13. The summed E-state index contributed by atoms with van der Waals surface area (Å²) < 4.78 is 0. The second-order valence-corrected chi connectivity index (χ2v) is 5.29. The number of aryl methyl sites for hydroxylation is 1. The monoisotopic (exact) mass is 269 g/mol.